The molecule has 8 heteroatoms. The van der Waals surface area contributed by atoms with Crippen molar-refractivity contribution in [1.82, 2.24) is 15.5 Å². The standard InChI is InChI=1S/C18H31N3O5/c1-2-3-4-9-15(22)20-13-16(23)21-12-7-8-14(21)18(26)19-11-6-5-10-17(24)25/h14H,2-13H2,1H3,(H,19,26)(H,20,22)(H,24,25). The van der Waals surface area contributed by atoms with Crippen LogP contribution in [0.3, 0.4) is 0 Å². The number of unbranched alkanes of at least 4 members (excludes halogenated alkanes) is 3. The monoisotopic (exact) mass is 369 g/mol. The van der Waals surface area contributed by atoms with Gasteiger partial charge in [-0.1, -0.05) is 19.8 Å². The summed E-state index contributed by atoms with van der Waals surface area (Å²) in [7, 11) is 0. The fraction of sp³-hybridized carbons (Fsp3) is 0.778. The largest absolute Gasteiger partial charge is 0.481 e. The molecule has 0 saturated carbocycles. The van der Waals surface area contributed by atoms with Crippen LogP contribution in [-0.2, 0) is 19.2 Å². The first-order chi connectivity index (χ1) is 12.5. The molecule has 1 aliphatic rings. The number of hydrogen-bond acceptors (Lipinski definition) is 4. The van der Waals surface area contributed by atoms with Crippen molar-refractivity contribution in [3.63, 3.8) is 0 Å². The molecule has 1 fully saturated rings. The van der Waals surface area contributed by atoms with Crippen molar-refractivity contribution >= 4 is 23.7 Å². The van der Waals surface area contributed by atoms with Gasteiger partial charge in [-0.15, -0.1) is 0 Å². The van der Waals surface area contributed by atoms with Crippen LogP contribution in [0.2, 0.25) is 0 Å². The first kappa shape index (κ1) is 21.9. The predicted octanol–water partition coefficient (Wildman–Crippen LogP) is 1.05. The lowest BCUT2D eigenvalue weighted by Gasteiger charge is -2.24. The lowest BCUT2D eigenvalue weighted by molar-refractivity contribution is -0.138. The fourth-order valence-electron chi connectivity index (χ4n) is 2.97. The summed E-state index contributed by atoms with van der Waals surface area (Å²) in [6, 6.07) is -0.501. The molecule has 1 unspecified atom stereocenters. The molecule has 1 saturated heterocycles. The molecular weight excluding hydrogens is 338 g/mol. The van der Waals surface area contributed by atoms with Crippen LogP contribution in [0.1, 0.15) is 64.7 Å². The van der Waals surface area contributed by atoms with Crippen LogP contribution in [0, 0.1) is 0 Å². The van der Waals surface area contributed by atoms with Gasteiger partial charge in [0.2, 0.25) is 17.7 Å². The lowest BCUT2D eigenvalue weighted by atomic mass is 10.2. The molecule has 3 N–H and O–H groups in total. The van der Waals surface area contributed by atoms with Crippen molar-refractivity contribution in [2.24, 2.45) is 0 Å². The Morgan fingerprint density at radius 1 is 1.04 bits per heavy atom. The molecular formula is C18H31N3O5. The summed E-state index contributed by atoms with van der Waals surface area (Å²) in [5.74, 6) is -1.43. The molecule has 1 aliphatic heterocycles. The zero-order valence-corrected chi connectivity index (χ0v) is 15.6. The van der Waals surface area contributed by atoms with Gasteiger partial charge >= 0.3 is 5.97 Å². The zero-order chi connectivity index (χ0) is 19.4. The van der Waals surface area contributed by atoms with E-state index in [-0.39, 0.29) is 30.7 Å². The molecule has 1 rings (SSSR count). The van der Waals surface area contributed by atoms with E-state index < -0.39 is 12.0 Å². The van der Waals surface area contributed by atoms with Crippen molar-refractivity contribution in [1.29, 1.82) is 0 Å². The van der Waals surface area contributed by atoms with E-state index in [0.717, 1.165) is 25.7 Å². The molecule has 0 radical (unpaired) electrons. The Morgan fingerprint density at radius 3 is 2.46 bits per heavy atom. The summed E-state index contributed by atoms with van der Waals surface area (Å²) in [5.41, 5.74) is 0. The number of nitrogens with zero attached hydrogens (tertiary/aromatic N) is 1. The maximum atomic E-state index is 12.3. The Balaban J connectivity index is 2.31. The van der Waals surface area contributed by atoms with Gasteiger partial charge in [0.25, 0.3) is 0 Å². The third-order valence-electron chi connectivity index (χ3n) is 4.44. The maximum absolute atomic E-state index is 12.3. The van der Waals surface area contributed by atoms with Crippen LogP contribution >= 0.6 is 0 Å². The number of likely N-dealkylation sites (tertiary alicyclic amines) is 1. The number of nitrogens with one attached hydrogen (secondary N) is 2. The second-order valence-electron chi connectivity index (χ2n) is 6.62. The topological polar surface area (TPSA) is 116 Å². The number of amides is 3. The highest BCUT2D eigenvalue weighted by atomic mass is 16.4. The first-order valence-electron chi connectivity index (χ1n) is 9.51. The van der Waals surface area contributed by atoms with Crippen LogP contribution in [0.25, 0.3) is 0 Å². The molecule has 0 bridgehead atoms. The van der Waals surface area contributed by atoms with Crippen molar-refractivity contribution in [2.45, 2.75) is 70.8 Å². The van der Waals surface area contributed by atoms with Gasteiger partial charge in [-0.3, -0.25) is 19.2 Å². The second-order valence-corrected chi connectivity index (χ2v) is 6.62. The summed E-state index contributed by atoms with van der Waals surface area (Å²) < 4.78 is 0. The van der Waals surface area contributed by atoms with E-state index in [1.54, 1.807) is 0 Å². The van der Waals surface area contributed by atoms with Gasteiger partial charge < -0.3 is 20.6 Å². The summed E-state index contributed by atoms with van der Waals surface area (Å²) in [4.78, 5) is 48.2. The number of carboxylic acids is 1. The van der Waals surface area contributed by atoms with Crippen LogP contribution in [0.15, 0.2) is 0 Å². The molecule has 0 aromatic carbocycles. The fourth-order valence-corrected chi connectivity index (χ4v) is 2.97. The van der Waals surface area contributed by atoms with Crippen LogP contribution in [0.4, 0.5) is 0 Å². The number of rotatable bonds is 12. The Bertz CT molecular complexity index is 495. The van der Waals surface area contributed by atoms with E-state index in [9.17, 15) is 19.2 Å². The lowest BCUT2D eigenvalue weighted by Crippen LogP contribution is -2.49. The third-order valence-corrected chi connectivity index (χ3v) is 4.44. The van der Waals surface area contributed by atoms with Crippen molar-refractivity contribution in [3.8, 4) is 0 Å². The molecule has 1 heterocycles. The molecule has 0 aliphatic carbocycles. The highest BCUT2D eigenvalue weighted by Gasteiger charge is 2.33. The molecule has 0 aromatic rings. The Morgan fingerprint density at radius 2 is 1.77 bits per heavy atom. The Hall–Kier alpha value is -2.12. The Kier molecular flexibility index (Phi) is 10.3. The number of carbonyl (C=O) groups is 4. The van der Waals surface area contributed by atoms with E-state index in [1.165, 1.54) is 4.90 Å². The number of carbonyl (C=O) groups excluding carboxylic acids is 3. The molecule has 0 aromatic heterocycles. The molecule has 148 valence electrons. The van der Waals surface area contributed by atoms with Gasteiger partial charge in [0.1, 0.15) is 6.04 Å². The minimum atomic E-state index is -0.847. The van der Waals surface area contributed by atoms with E-state index in [4.69, 9.17) is 5.11 Å². The maximum Gasteiger partial charge on any atom is 0.303 e. The first-order valence-corrected chi connectivity index (χ1v) is 9.51. The minimum Gasteiger partial charge on any atom is -0.481 e. The number of aliphatic carboxylic acids is 1. The van der Waals surface area contributed by atoms with E-state index in [0.29, 0.717) is 38.8 Å². The summed E-state index contributed by atoms with van der Waals surface area (Å²) in [6.07, 6.45) is 5.80. The van der Waals surface area contributed by atoms with Crippen molar-refractivity contribution in [3.05, 3.63) is 0 Å². The van der Waals surface area contributed by atoms with Crippen LogP contribution in [0.5, 0.6) is 0 Å². The van der Waals surface area contributed by atoms with Gasteiger partial charge in [0.15, 0.2) is 0 Å². The molecule has 1 atom stereocenters. The van der Waals surface area contributed by atoms with E-state index in [1.807, 2.05) is 0 Å². The van der Waals surface area contributed by atoms with Crippen molar-refractivity contribution in [2.75, 3.05) is 19.6 Å². The number of carboxylic acid groups (broad SMARTS) is 1. The SMILES string of the molecule is CCCCCC(=O)NCC(=O)N1CCCC1C(=O)NCCCCC(=O)O. The van der Waals surface area contributed by atoms with Gasteiger partial charge in [0.05, 0.1) is 6.54 Å². The van der Waals surface area contributed by atoms with Crippen molar-refractivity contribution < 1.29 is 24.3 Å². The van der Waals surface area contributed by atoms with Gasteiger partial charge in [-0.2, -0.15) is 0 Å². The smallest absolute Gasteiger partial charge is 0.303 e. The van der Waals surface area contributed by atoms with Gasteiger partial charge in [-0.25, -0.2) is 0 Å². The van der Waals surface area contributed by atoms with Crippen LogP contribution < -0.4 is 10.6 Å². The Labute approximate surface area is 154 Å². The normalized spacial score (nSPS) is 16.3. The van der Waals surface area contributed by atoms with E-state index in [2.05, 4.69) is 17.6 Å². The average molecular weight is 369 g/mol. The highest BCUT2D eigenvalue weighted by molar-refractivity contribution is 5.90. The highest BCUT2D eigenvalue weighted by Crippen LogP contribution is 2.17. The summed E-state index contributed by atoms with van der Waals surface area (Å²) in [5, 5.41) is 14.0. The zero-order valence-electron chi connectivity index (χ0n) is 15.6. The third kappa shape index (κ3) is 8.31. The molecule has 0 spiro atoms. The second kappa shape index (κ2) is 12.3. The quantitative estimate of drug-likeness (QED) is 0.445. The van der Waals surface area contributed by atoms with Gasteiger partial charge in [-0.05, 0) is 32.1 Å². The average Bonchev–Trinajstić information content (AvgIpc) is 3.09. The molecule has 3 amide bonds. The minimum absolute atomic E-state index is 0.0760. The van der Waals surface area contributed by atoms with Crippen LogP contribution in [-0.4, -0.2) is 59.4 Å². The summed E-state index contributed by atoms with van der Waals surface area (Å²) >= 11 is 0. The summed E-state index contributed by atoms with van der Waals surface area (Å²) in [6.45, 7) is 2.90. The molecule has 8 nitrogen and oxygen atoms in total. The number of hydrogen-bond donors (Lipinski definition) is 3. The van der Waals surface area contributed by atoms with Gasteiger partial charge in [0, 0.05) is 25.9 Å². The van der Waals surface area contributed by atoms with E-state index >= 15 is 0 Å². The predicted molar refractivity (Wildman–Crippen MR) is 96.4 cm³/mol. The molecule has 26 heavy (non-hydrogen) atoms.